The number of hydrogen-bond donors (Lipinski definition) is 1. The van der Waals surface area contributed by atoms with Gasteiger partial charge in [-0.15, -0.1) is 0 Å². The number of nitrogens with zero attached hydrogens (tertiary/aromatic N) is 3. The fraction of sp³-hybridized carbons (Fsp3) is 0.269. The Balaban J connectivity index is 1.72. The van der Waals surface area contributed by atoms with E-state index in [9.17, 15) is 26.7 Å². The Labute approximate surface area is 218 Å². The highest BCUT2D eigenvalue weighted by Crippen LogP contribution is 2.43. The minimum Gasteiger partial charge on any atom is -0.355 e. The van der Waals surface area contributed by atoms with Crippen molar-refractivity contribution in [2.45, 2.75) is 44.3 Å². The van der Waals surface area contributed by atoms with Gasteiger partial charge < -0.3 is 9.84 Å². The first-order valence-electron chi connectivity index (χ1n) is 11.8. The highest BCUT2D eigenvalue weighted by Gasteiger charge is 2.42. The van der Waals surface area contributed by atoms with Crippen LogP contribution < -0.4 is 5.32 Å². The summed E-state index contributed by atoms with van der Waals surface area (Å²) >= 11 is 6.20. The Morgan fingerprint density at radius 3 is 2.42 bits per heavy atom. The molecule has 4 aromatic rings. The van der Waals surface area contributed by atoms with E-state index in [1.807, 2.05) is 0 Å². The first kappa shape index (κ1) is 25.9. The maximum atomic E-state index is 14.9. The lowest BCUT2D eigenvalue weighted by molar-refractivity contribution is -0.142. The molecule has 38 heavy (non-hydrogen) atoms. The van der Waals surface area contributed by atoms with Crippen molar-refractivity contribution in [3.05, 3.63) is 76.6 Å². The number of alkyl halides is 3. The standard InChI is InChI=1S/C26H20ClF5N4O2/c27-16-9-6-11-18(29)20(16)22-21(25(37)34-14-7-2-1-3-8-14)23(38-35-22)15-13-33-36(24(15)26(30,31)32)19-12-5-4-10-17(19)28/h4-6,9-14H,1-3,7-8H2,(H,34,37). The van der Waals surface area contributed by atoms with Gasteiger partial charge in [0.1, 0.15) is 28.6 Å². The molecule has 1 aliphatic rings. The number of carbonyl (C=O) groups excluding carboxylic acids is 1. The lowest BCUT2D eigenvalue weighted by Gasteiger charge is -2.22. The zero-order chi connectivity index (χ0) is 27.0. The summed E-state index contributed by atoms with van der Waals surface area (Å²) in [6.07, 6.45) is -0.122. The second-order valence-corrected chi connectivity index (χ2v) is 9.32. The molecule has 1 saturated carbocycles. The molecule has 2 aromatic carbocycles. The summed E-state index contributed by atoms with van der Waals surface area (Å²) in [5.41, 5.74) is -3.61. The van der Waals surface area contributed by atoms with E-state index in [2.05, 4.69) is 15.6 Å². The third-order valence-electron chi connectivity index (χ3n) is 6.42. The second-order valence-electron chi connectivity index (χ2n) is 8.91. The van der Waals surface area contributed by atoms with Crippen LogP contribution in [0.1, 0.15) is 48.2 Å². The van der Waals surface area contributed by atoms with Crippen molar-refractivity contribution in [1.82, 2.24) is 20.3 Å². The molecular weight excluding hydrogens is 531 g/mol. The molecule has 0 unspecified atom stereocenters. The van der Waals surface area contributed by atoms with Crippen LogP contribution in [-0.2, 0) is 6.18 Å². The molecule has 0 spiro atoms. The molecule has 0 bridgehead atoms. The summed E-state index contributed by atoms with van der Waals surface area (Å²) in [6.45, 7) is 0. The van der Waals surface area contributed by atoms with Crippen LogP contribution in [0.5, 0.6) is 0 Å². The Hall–Kier alpha value is -3.73. The van der Waals surface area contributed by atoms with Crippen molar-refractivity contribution in [3.8, 4) is 28.3 Å². The number of hydrogen-bond acceptors (Lipinski definition) is 4. The lowest BCUT2D eigenvalue weighted by atomic mass is 9.94. The molecule has 1 aliphatic carbocycles. The van der Waals surface area contributed by atoms with Gasteiger partial charge in [0.2, 0.25) is 0 Å². The number of para-hydroxylation sites is 1. The summed E-state index contributed by atoms with van der Waals surface area (Å²) in [5.74, 6) is -3.18. The normalized spacial score (nSPS) is 14.6. The van der Waals surface area contributed by atoms with E-state index in [-0.39, 0.29) is 22.3 Å². The summed E-state index contributed by atoms with van der Waals surface area (Å²) in [4.78, 5) is 13.5. The first-order chi connectivity index (χ1) is 18.2. The molecule has 0 radical (unpaired) electrons. The van der Waals surface area contributed by atoms with E-state index >= 15 is 0 Å². The van der Waals surface area contributed by atoms with Gasteiger partial charge in [0.25, 0.3) is 5.91 Å². The van der Waals surface area contributed by atoms with Crippen LogP contribution in [0.4, 0.5) is 22.0 Å². The van der Waals surface area contributed by atoms with Crippen molar-refractivity contribution < 1.29 is 31.3 Å². The Bertz CT molecular complexity index is 1470. The maximum absolute atomic E-state index is 14.9. The van der Waals surface area contributed by atoms with Gasteiger partial charge in [0.05, 0.1) is 22.3 Å². The van der Waals surface area contributed by atoms with Gasteiger partial charge in [0, 0.05) is 6.04 Å². The Morgan fingerprint density at radius 1 is 1.03 bits per heavy atom. The predicted octanol–water partition coefficient (Wildman–Crippen LogP) is 7.21. The Kier molecular flexibility index (Phi) is 6.95. The second kappa shape index (κ2) is 10.2. The highest BCUT2D eigenvalue weighted by molar-refractivity contribution is 6.33. The number of rotatable bonds is 5. The summed E-state index contributed by atoms with van der Waals surface area (Å²) < 4.78 is 78.1. The lowest BCUT2D eigenvalue weighted by Crippen LogP contribution is -2.36. The molecule has 1 N–H and O–H groups in total. The fourth-order valence-electron chi connectivity index (χ4n) is 4.68. The van der Waals surface area contributed by atoms with Crippen molar-refractivity contribution in [1.29, 1.82) is 0 Å². The van der Waals surface area contributed by atoms with E-state index in [1.165, 1.54) is 24.3 Å². The van der Waals surface area contributed by atoms with Crippen LogP contribution in [0.15, 0.2) is 53.2 Å². The van der Waals surface area contributed by atoms with Crippen LogP contribution >= 0.6 is 11.6 Å². The number of carbonyl (C=O) groups is 1. The molecule has 0 saturated heterocycles. The van der Waals surface area contributed by atoms with Crippen molar-refractivity contribution in [2.24, 2.45) is 0 Å². The average molecular weight is 551 g/mol. The maximum Gasteiger partial charge on any atom is 0.434 e. The molecule has 198 valence electrons. The molecule has 2 aromatic heterocycles. The molecule has 1 amide bonds. The predicted molar refractivity (Wildman–Crippen MR) is 129 cm³/mol. The van der Waals surface area contributed by atoms with Crippen LogP contribution in [-0.4, -0.2) is 26.9 Å². The minimum absolute atomic E-state index is 0.116. The monoisotopic (exact) mass is 550 g/mol. The van der Waals surface area contributed by atoms with E-state index in [1.54, 1.807) is 0 Å². The number of aromatic nitrogens is 3. The van der Waals surface area contributed by atoms with Gasteiger partial charge >= 0.3 is 6.18 Å². The third kappa shape index (κ3) is 4.78. The zero-order valence-corrected chi connectivity index (χ0v) is 20.4. The molecule has 1 fully saturated rings. The number of amides is 1. The van der Waals surface area contributed by atoms with Gasteiger partial charge in [0.15, 0.2) is 11.5 Å². The van der Waals surface area contributed by atoms with Crippen molar-refractivity contribution in [2.75, 3.05) is 0 Å². The van der Waals surface area contributed by atoms with E-state index in [0.29, 0.717) is 17.5 Å². The molecule has 12 heteroatoms. The van der Waals surface area contributed by atoms with Crippen molar-refractivity contribution >= 4 is 17.5 Å². The van der Waals surface area contributed by atoms with Gasteiger partial charge in [-0.1, -0.05) is 54.2 Å². The SMILES string of the molecule is O=C(NC1CCCCC1)c1c(-c2c(F)cccc2Cl)noc1-c1cnn(-c2ccccc2F)c1C(F)(F)F. The summed E-state index contributed by atoms with van der Waals surface area (Å²) in [6, 6.07) is 8.34. The van der Waals surface area contributed by atoms with E-state index < -0.39 is 52.0 Å². The molecule has 5 rings (SSSR count). The zero-order valence-electron chi connectivity index (χ0n) is 19.7. The van der Waals surface area contributed by atoms with E-state index in [0.717, 1.165) is 43.7 Å². The minimum atomic E-state index is -5.05. The molecule has 0 atom stereocenters. The number of benzene rings is 2. The van der Waals surface area contributed by atoms with Gasteiger partial charge in [-0.3, -0.25) is 4.79 Å². The molecule has 0 aliphatic heterocycles. The molecule has 2 heterocycles. The van der Waals surface area contributed by atoms with Crippen LogP contribution in [0.2, 0.25) is 5.02 Å². The Morgan fingerprint density at radius 2 is 1.74 bits per heavy atom. The molecular formula is C26H20ClF5N4O2. The largest absolute Gasteiger partial charge is 0.434 e. The fourth-order valence-corrected chi connectivity index (χ4v) is 4.93. The molecule has 6 nitrogen and oxygen atoms in total. The van der Waals surface area contributed by atoms with Crippen LogP contribution in [0, 0.1) is 11.6 Å². The average Bonchev–Trinajstić information content (AvgIpc) is 3.50. The first-order valence-corrected chi connectivity index (χ1v) is 12.2. The van der Waals surface area contributed by atoms with Crippen LogP contribution in [0.3, 0.4) is 0 Å². The van der Waals surface area contributed by atoms with Gasteiger partial charge in [-0.05, 0) is 37.1 Å². The van der Waals surface area contributed by atoms with E-state index in [4.69, 9.17) is 16.1 Å². The smallest absolute Gasteiger partial charge is 0.355 e. The quantitative estimate of drug-likeness (QED) is 0.267. The van der Waals surface area contributed by atoms with Gasteiger partial charge in [-0.2, -0.15) is 18.3 Å². The van der Waals surface area contributed by atoms with Gasteiger partial charge in [-0.25, -0.2) is 13.5 Å². The van der Waals surface area contributed by atoms with Crippen molar-refractivity contribution in [3.63, 3.8) is 0 Å². The highest BCUT2D eigenvalue weighted by atomic mass is 35.5. The number of halogens is 6. The third-order valence-corrected chi connectivity index (χ3v) is 6.74. The summed E-state index contributed by atoms with van der Waals surface area (Å²) in [5, 5.41) is 10.2. The summed E-state index contributed by atoms with van der Waals surface area (Å²) in [7, 11) is 0. The number of nitrogens with one attached hydrogen (secondary N) is 1. The topological polar surface area (TPSA) is 73.0 Å². The van der Waals surface area contributed by atoms with Crippen LogP contribution in [0.25, 0.3) is 28.3 Å².